The minimum absolute atomic E-state index is 0. The molecule has 0 spiro atoms. The highest BCUT2D eigenvalue weighted by atomic mass is 35.5. The summed E-state index contributed by atoms with van der Waals surface area (Å²) in [6.07, 6.45) is 0. The van der Waals surface area contributed by atoms with Crippen molar-refractivity contribution in [1.82, 2.24) is 25.5 Å². The number of nitrogens with one attached hydrogen (secondary N) is 1. The van der Waals surface area contributed by atoms with Crippen molar-refractivity contribution < 1.29 is 16.8 Å². The molecular weight excluding hydrogens is 289 g/mol. The van der Waals surface area contributed by atoms with Crippen LogP contribution in [0.25, 0.3) is 0 Å². The van der Waals surface area contributed by atoms with E-state index in [4.69, 9.17) is 0 Å². The van der Waals surface area contributed by atoms with E-state index < -0.39 is 0 Å². The molecule has 0 radical (unpaired) electrons. The van der Waals surface area contributed by atoms with Crippen molar-refractivity contribution in [3.63, 3.8) is 0 Å². The van der Waals surface area contributed by atoms with Gasteiger partial charge in [-0.3, -0.25) is 0 Å². The van der Waals surface area contributed by atoms with E-state index >= 15 is 0 Å². The number of aryl methyl sites for hydroxylation is 1. The summed E-state index contributed by atoms with van der Waals surface area (Å²) < 4.78 is 14.3. The summed E-state index contributed by atoms with van der Waals surface area (Å²) in [6.45, 7) is 1.58. The molecule has 0 aliphatic rings. The van der Waals surface area contributed by atoms with Crippen LogP contribution in [-0.2, 0) is 13.6 Å². The van der Waals surface area contributed by atoms with E-state index in [0.717, 1.165) is 29.6 Å². The van der Waals surface area contributed by atoms with Crippen LogP contribution >= 0.6 is 11.8 Å². The molecular formula is C11H14ClFN5S-. The lowest BCUT2D eigenvalue weighted by Crippen LogP contribution is -3.00. The lowest BCUT2D eigenvalue weighted by Gasteiger charge is -2.04. The number of nitrogens with zero attached hydrogens (tertiary/aromatic N) is 4. The standard InChI is InChI=1S/C11H14FN5S.ClH/c1-17-11(14-15-16-17)18-7-6-13-8-9-2-4-10(12)5-3-9;/h2-5,13H,6-8H2,1H3;1H/p-1. The quantitative estimate of drug-likeness (QED) is 0.506. The topological polar surface area (TPSA) is 55.6 Å². The fourth-order valence-electron chi connectivity index (χ4n) is 1.39. The molecule has 1 aromatic carbocycles. The lowest BCUT2D eigenvalue weighted by molar-refractivity contribution is -0.00000454. The van der Waals surface area contributed by atoms with Crippen LogP contribution in [0.1, 0.15) is 5.56 Å². The Hall–Kier alpha value is -1.18. The van der Waals surface area contributed by atoms with Crippen molar-refractivity contribution in [2.24, 2.45) is 7.05 Å². The fourth-order valence-corrected chi connectivity index (χ4v) is 2.14. The van der Waals surface area contributed by atoms with Crippen LogP contribution in [0.2, 0.25) is 0 Å². The minimum atomic E-state index is -0.205. The maximum Gasteiger partial charge on any atom is 0.209 e. The summed E-state index contributed by atoms with van der Waals surface area (Å²) in [4.78, 5) is 0. The highest BCUT2D eigenvalue weighted by Crippen LogP contribution is 2.10. The molecule has 1 aromatic heterocycles. The first-order valence-corrected chi connectivity index (χ1v) is 6.54. The van der Waals surface area contributed by atoms with Gasteiger partial charge in [0.15, 0.2) is 0 Å². The first-order valence-electron chi connectivity index (χ1n) is 5.56. The molecule has 0 aliphatic carbocycles. The number of hydrogen-bond acceptors (Lipinski definition) is 5. The fraction of sp³-hybridized carbons (Fsp3) is 0.364. The third-order valence-electron chi connectivity index (χ3n) is 2.33. The average molecular weight is 303 g/mol. The summed E-state index contributed by atoms with van der Waals surface area (Å²) in [5.74, 6) is 0.680. The largest absolute Gasteiger partial charge is 1.00 e. The van der Waals surface area contributed by atoms with E-state index in [0.29, 0.717) is 0 Å². The zero-order chi connectivity index (χ0) is 12.8. The molecule has 0 amide bonds. The van der Waals surface area contributed by atoms with Gasteiger partial charge in [-0.15, -0.1) is 5.10 Å². The van der Waals surface area contributed by atoms with Crippen LogP contribution in [0.4, 0.5) is 4.39 Å². The maximum absolute atomic E-state index is 12.7. The molecule has 0 saturated carbocycles. The van der Waals surface area contributed by atoms with Crippen LogP contribution < -0.4 is 17.7 Å². The van der Waals surface area contributed by atoms with Crippen molar-refractivity contribution in [2.45, 2.75) is 11.7 Å². The normalized spacial score (nSPS) is 10.2. The summed E-state index contributed by atoms with van der Waals surface area (Å²) in [5, 5.41) is 15.3. The van der Waals surface area contributed by atoms with Crippen molar-refractivity contribution in [2.75, 3.05) is 12.3 Å². The van der Waals surface area contributed by atoms with Gasteiger partial charge in [0.25, 0.3) is 0 Å². The van der Waals surface area contributed by atoms with Crippen LogP contribution in [0.3, 0.4) is 0 Å². The number of tetrazole rings is 1. The molecule has 0 bridgehead atoms. The molecule has 1 N–H and O–H groups in total. The third kappa shape index (κ3) is 5.14. The molecule has 2 aromatic rings. The Balaban J connectivity index is 0.00000180. The predicted octanol–water partition coefficient (Wildman–Crippen LogP) is -1.76. The zero-order valence-electron chi connectivity index (χ0n) is 10.4. The SMILES string of the molecule is Cn1nnnc1SCCNCc1ccc(F)cc1.[Cl-]. The van der Waals surface area contributed by atoms with Gasteiger partial charge in [-0.25, -0.2) is 9.07 Å². The van der Waals surface area contributed by atoms with E-state index in [1.54, 1.807) is 28.6 Å². The monoisotopic (exact) mass is 302 g/mol. The van der Waals surface area contributed by atoms with Crippen LogP contribution in [0.15, 0.2) is 29.4 Å². The molecule has 0 aliphatic heterocycles. The van der Waals surface area contributed by atoms with Crippen LogP contribution in [0.5, 0.6) is 0 Å². The smallest absolute Gasteiger partial charge is 0.209 e. The number of rotatable bonds is 6. The van der Waals surface area contributed by atoms with Gasteiger partial charge < -0.3 is 17.7 Å². The van der Waals surface area contributed by atoms with E-state index in [9.17, 15) is 4.39 Å². The van der Waals surface area contributed by atoms with Crippen molar-refractivity contribution in [3.8, 4) is 0 Å². The molecule has 8 heteroatoms. The Labute approximate surface area is 121 Å². The highest BCUT2D eigenvalue weighted by Gasteiger charge is 2.01. The molecule has 19 heavy (non-hydrogen) atoms. The number of thioether (sulfide) groups is 1. The molecule has 104 valence electrons. The predicted molar refractivity (Wildman–Crippen MR) is 67.6 cm³/mol. The number of halogens is 2. The van der Waals surface area contributed by atoms with E-state index in [-0.39, 0.29) is 18.2 Å². The Morgan fingerprint density at radius 3 is 2.68 bits per heavy atom. The second-order valence-electron chi connectivity index (χ2n) is 3.74. The summed E-state index contributed by atoms with van der Waals surface area (Å²) >= 11 is 1.60. The minimum Gasteiger partial charge on any atom is -1.00 e. The van der Waals surface area contributed by atoms with Gasteiger partial charge in [0.05, 0.1) is 0 Å². The Kier molecular flexibility index (Phi) is 6.75. The second kappa shape index (κ2) is 8.08. The second-order valence-corrected chi connectivity index (χ2v) is 4.80. The van der Waals surface area contributed by atoms with E-state index in [1.165, 1.54) is 12.1 Å². The van der Waals surface area contributed by atoms with Crippen molar-refractivity contribution in [3.05, 3.63) is 35.6 Å². The van der Waals surface area contributed by atoms with Gasteiger partial charge in [-0.1, -0.05) is 23.9 Å². The van der Waals surface area contributed by atoms with Crippen molar-refractivity contribution >= 4 is 11.8 Å². The zero-order valence-corrected chi connectivity index (χ0v) is 12.0. The maximum atomic E-state index is 12.7. The molecule has 0 atom stereocenters. The van der Waals surface area contributed by atoms with Crippen LogP contribution in [-0.4, -0.2) is 32.5 Å². The first kappa shape index (κ1) is 15.9. The Bertz CT molecular complexity index is 490. The van der Waals surface area contributed by atoms with Crippen LogP contribution in [0, 0.1) is 5.82 Å². The van der Waals surface area contributed by atoms with Gasteiger partial charge in [0.2, 0.25) is 5.16 Å². The first-order chi connectivity index (χ1) is 8.75. The summed E-state index contributed by atoms with van der Waals surface area (Å²) in [5.41, 5.74) is 1.07. The molecule has 0 fully saturated rings. The molecule has 5 nitrogen and oxygen atoms in total. The summed E-state index contributed by atoms with van der Waals surface area (Å²) in [6, 6.07) is 6.50. The average Bonchev–Trinajstić information content (AvgIpc) is 2.77. The van der Waals surface area contributed by atoms with Crippen molar-refractivity contribution in [1.29, 1.82) is 0 Å². The van der Waals surface area contributed by atoms with Gasteiger partial charge in [0.1, 0.15) is 5.82 Å². The van der Waals surface area contributed by atoms with Gasteiger partial charge in [-0.05, 0) is 28.1 Å². The molecule has 0 saturated heterocycles. The Morgan fingerprint density at radius 1 is 1.32 bits per heavy atom. The highest BCUT2D eigenvalue weighted by molar-refractivity contribution is 7.99. The van der Waals surface area contributed by atoms with Gasteiger partial charge in [-0.2, -0.15) is 0 Å². The van der Waals surface area contributed by atoms with Gasteiger partial charge >= 0.3 is 0 Å². The third-order valence-corrected chi connectivity index (χ3v) is 3.35. The molecule has 0 unspecified atom stereocenters. The van der Waals surface area contributed by atoms with E-state index in [1.807, 2.05) is 7.05 Å². The number of benzene rings is 1. The number of hydrogen-bond donors (Lipinski definition) is 1. The molecule has 1 heterocycles. The Morgan fingerprint density at radius 2 is 2.05 bits per heavy atom. The van der Waals surface area contributed by atoms with E-state index in [2.05, 4.69) is 20.8 Å². The number of aromatic nitrogens is 4. The molecule has 2 rings (SSSR count). The summed E-state index contributed by atoms with van der Waals surface area (Å²) in [7, 11) is 1.81. The lowest BCUT2D eigenvalue weighted by atomic mass is 10.2. The van der Waals surface area contributed by atoms with Gasteiger partial charge in [0, 0.05) is 25.9 Å².